The van der Waals surface area contributed by atoms with Gasteiger partial charge in [0.05, 0.1) is 0 Å². The molecule has 2 fully saturated rings. The molecule has 0 radical (unpaired) electrons. The van der Waals surface area contributed by atoms with Gasteiger partial charge in [-0.25, -0.2) is 0 Å². The van der Waals surface area contributed by atoms with E-state index in [4.69, 9.17) is 4.74 Å². The third kappa shape index (κ3) is 5.02. The largest absolute Gasteiger partial charge is 0.484 e. The summed E-state index contributed by atoms with van der Waals surface area (Å²) in [4.78, 5) is 29.1. The first-order valence-corrected chi connectivity index (χ1v) is 10.4. The molecular formula is C22H32N2O3. The van der Waals surface area contributed by atoms with Crippen molar-refractivity contribution in [1.82, 2.24) is 9.80 Å². The van der Waals surface area contributed by atoms with E-state index in [2.05, 4.69) is 13.8 Å². The molecule has 2 aliphatic rings. The fourth-order valence-electron chi connectivity index (χ4n) is 4.28. The molecule has 2 unspecified atom stereocenters. The monoisotopic (exact) mass is 372 g/mol. The number of benzene rings is 1. The highest BCUT2D eigenvalue weighted by molar-refractivity contribution is 5.94. The highest BCUT2D eigenvalue weighted by Crippen LogP contribution is 2.23. The Morgan fingerprint density at radius 3 is 2.11 bits per heavy atom. The van der Waals surface area contributed by atoms with E-state index in [-0.39, 0.29) is 30.5 Å². The maximum Gasteiger partial charge on any atom is 0.260 e. The maximum atomic E-state index is 12.6. The van der Waals surface area contributed by atoms with E-state index in [1.807, 2.05) is 9.80 Å². The molecule has 1 aromatic rings. The molecule has 3 rings (SSSR count). The minimum atomic E-state index is 0.0411. The standard InChI is InChI=1S/C22H32N2O3/c1-17-8-7-9-18(2)24(17)21(25)16-27-20-12-10-19(11-13-20)22(26)23-14-5-3-4-6-15-23/h10-13,17-18H,3-9,14-16H2,1-2H3. The van der Waals surface area contributed by atoms with Gasteiger partial charge in [-0.05, 0) is 70.2 Å². The first kappa shape index (κ1) is 19.7. The van der Waals surface area contributed by atoms with E-state index in [0.717, 1.165) is 38.8 Å². The average Bonchev–Trinajstić information content (AvgIpc) is 2.95. The Bertz CT molecular complexity index is 625. The number of ether oxygens (including phenoxy) is 1. The van der Waals surface area contributed by atoms with Gasteiger partial charge in [-0.3, -0.25) is 9.59 Å². The number of nitrogens with zero attached hydrogens (tertiary/aromatic N) is 2. The van der Waals surface area contributed by atoms with Crippen molar-refractivity contribution >= 4 is 11.8 Å². The Balaban J connectivity index is 1.54. The summed E-state index contributed by atoms with van der Waals surface area (Å²) >= 11 is 0. The fraction of sp³-hybridized carbons (Fsp3) is 0.636. The number of piperidine rings is 1. The van der Waals surface area contributed by atoms with Crippen molar-refractivity contribution in [3.8, 4) is 5.75 Å². The predicted octanol–water partition coefficient (Wildman–Crippen LogP) is 3.87. The minimum Gasteiger partial charge on any atom is -0.484 e. The number of likely N-dealkylation sites (tertiary alicyclic amines) is 2. The molecule has 2 saturated heterocycles. The van der Waals surface area contributed by atoms with E-state index in [1.54, 1.807) is 24.3 Å². The summed E-state index contributed by atoms with van der Waals surface area (Å²) in [6.07, 6.45) is 7.88. The zero-order chi connectivity index (χ0) is 19.2. The molecule has 0 N–H and O–H groups in total. The second-order valence-corrected chi connectivity index (χ2v) is 7.95. The van der Waals surface area contributed by atoms with Crippen LogP contribution in [0.5, 0.6) is 5.75 Å². The number of rotatable bonds is 4. The number of carbonyl (C=O) groups excluding carboxylic acids is 2. The van der Waals surface area contributed by atoms with Crippen molar-refractivity contribution in [2.24, 2.45) is 0 Å². The van der Waals surface area contributed by atoms with Crippen LogP contribution in [0.4, 0.5) is 0 Å². The minimum absolute atomic E-state index is 0.0411. The van der Waals surface area contributed by atoms with Crippen LogP contribution in [0.25, 0.3) is 0 Å². The molecule has 2 amide bonds. The second-order valence-electron chi connectivity index (χ2n) is 7.95. The Kier molecular flexibility index (Phi) is 6.75. The van der Waals surface area contributed by atoms with Crippen LogP contribution in [-0.2, 0) is 4.79 Å². The first-order chi connectivity index (χ1) is 13.1. The molecule has 5 nitrogen and oxygen atoms in total. The van der Waals surface area contributed by atoms with Crippen LogP contribution in [0.15, 0.2) is 24.3 Å². The summed E-state index contributed by atoms with van der Waals surface area (Å²) < 4.78 is 5.70. The number of hydrogen-bond donors (Lipinski definition) is 0. The molecule has 2 aliphatic heterocycles. The fourth-order valence-corrected chi connectivity index (χ4v) is 4.28. The van der Waals surface area contributed by atoms with Crippen LogP contribution in [0.1, 0.15) is 69.2 Å². The van der Waals surface area contributed by atoms with Gasteiger partial charge >= 0.3 is 0 Å². The molecule has 0 bridgehead atoms. The van der Waals surface area contributed by atoms with E-state index < -0.39 is 0 Å². The Morgan fingerprint density at radius 1 is 0.926 bits per heavy atom. The van der Waals surface area contributed by atoms with Crippen molar-refractivity contribution in [2.45, 2.75) is 70.9 Å². The molecular weight excluding hydrogens is 340 g/mol. The lowest BCUT2D eigenvalue weighted by Crippen LogP contribution is -2.49. The third-order valence-electron chi connectivity index (χ3n) is 5.84. The molecule has 27 heavy (non-hydrogen) atoms. The van der Waals surface area contributed by atoms with Crippen molar-refractivity contribution in [3.05, 3.63) is 29.8 Å². The van der Waals surface area contributed by atoms with Crippen molar-refractivity contribution in [3.63, 3.8) is 0 Å². The SMILES string of the molecule is CC1CCCC(C)N1C(=O)COc1ccc(C(=O)N2CCCCCC2)cc1. The lowest BCUT2D eigenvalue weighted by Gasteiger charge is -2.38. The highest BCUT2D eigenvalue weighted by atomic mass is 16.5. The Morgan fingerprint density at radius 2 is 1.52 bits per heavy atom. The van der Waals surface area contributed by atoms with Gasteiger partial charge < -0.3 is 14.5 Å². The summed E-state index contributed by atoms with van der Waals surface area (Å²) in [6, 6.07) is 7.75. The molecule has 2 atom stereocenters. The number of carbonyl (C=O) groups is 2. The molecule has 0 spiro atoms. The topological polar surface area (TPSA) is 49.9 Å². The summed E-state index contributed by atoms with van der Waals surface area (Å²) in [5.41, 5.74) is 0.689. The lowest BCUT2D eigenvalue weighted by molar-refractivity contribution is -0.139. The van der Waals surface area contributed by atoms with Crippen LogP contribution in [0.2, 0.25) is 0 Å². The van der Waals surface area contributed by atoms with E-state index in [1.165, 1.54) is 19.3 Å². The lowest BCUT2D eigenvalue weighted by atomic mass is 9.97. The van der Waals surface area contributed by atoms with Crippen LogP contribution in [0, 0.1) is 0 Å². The zero-order valence-corrected chi connectivity index (χ0v) is 16.7. The third-order valence-corrected chi connectivity index (χ3v) is 5.84. The molecule has 148 valence electrons. The highest BCUT2D eigenvalue weighted by Gasteiger charge is 2.29. The summed E-state index contributed by atoms with van der Waals surface area (Å²) in [7, 11) is 0. The van der Waals surface area contributed by atoms with Crippen LogP contribution < -0.4 is 4.74 Å². The maximum absolute atomic E-state index is 12.6. The van der Waals surface area contributed by atoms with Crippen LogP contribution in [-0.4, -0.2) is 53.4 Å². The molecule has 2 heterocycles. The molecule has 0 aromatic heterocycles. The molecule has 1 aromatic carbocycles. The Labute approximate surface area is 162 Å². The van der Waals surface area contributed by atoms with Gasteiger partial charge in [-0.15, -0.1) is 0 Å². The molecule has 0 saturated carbocycles. The van der Waals surface area contributed by atoms with Gasteiger partial charge in [0.25, 0.3) is 11.8 Å². The van der Waals surface area contributed by atoms with Gasteiger partial charge in [0.15, 0.2) is 6.61 Å². The van der Waals surface area contributed by atoms with E-state index in [0.29, 0.717) is 11.3 Å². The average molecular weight is 373 g/mol. The van der Waals surface area contributed by atoms with Crippen molar-refractivity contribution < 1.29 is 14.3 Å². The summed E-state index contributed by atoms with van der Waals surface area (Å²) in [5.74, 6) is 0.767. The first-order valence-electron chi connectivity index (χ1n) is 10.4. The van der Waals surface area contributed by atoms with Crippen LogP contribution in [0.3, 0.4) is 0 Å². The predicted molar refractivity (Wildman–Crippen MR) is 106 cm³/mol. The zero-order valence-electron chi connectivity index (χ0n) is 16.7. The quantitative estimate of drug-likeness (QED) is 0.806. The van der Waals surface area contributed by atoms with Gasteiger partial charge in [-0.2, -0.15) is 0 Å². The normalized spacial score (nSPS) is 23.6. The van der Waals surface area contributed by atoms with Crippen LogP contribution >= 0.6 is 0 Å². The van der Waals surface area contributed by atoms with E-state index >= 15 is 0 Å². The van der Waals surface area contributed by atoms with Gasteiger partial charge in [0, 0.05) is 30.7 Å². The summed E-state index contributed by atoms with van der Waals surface area (Å²) in [6.45, 7) is 5.96. The van der Waals surface area contributed by atoms with Gasteiger partial charge in [0.1, 0.15) is 5.75 Å². The van der Waals surface area contributed by atoms with Crippen molar-refractivity contribution in [1.29, 1.82) is 0 Å². The number of amides is 2. The smallest absolute Gasteiger partial charge is 0.260 e. The van der Waals surface area contributed by atoms with E-state index in [9.17, 15) is 9.59 Å². The van der Waals surface area contributed by atoms with Gasteiger partial charge in [-0.1, -0.05) is 12.8 Å². The molecule has 0 aliphatic carbocycles. The van der Waals surface area contributed by atoms with Gasteiger partial charge in [0.2, 0.25) is 0 Å². The second kappa shape index (κ2) is 9.25. The number of hydrogen-bond acceptors (Lipinski definition) is 3. The van der Waals surface area contributed by atoms with Crippen molar-refractivity contribution in [2.75, 3.05) is 19.7 Å². The molecule has 5 heteroatoms. The summed E-state index contributed by atoms with van der Waals surface area (Å²) in [5, 5.41) is 0. The Hall–Kier alpha value is -2.04.